The highest BCUT2D eigenvalue weighted by Gasteiger charge is 2.14. The van der Waals surface area contributed by atoms with Gasteiger partial charge in [-0.1, -0.05) is 31.5 Å². The molecule has 3 aromatic rings. The van der Waals surface area contributed by atoms with Gasteiger partial charge in [0, 0.05) is 12.2 Å². The molecule has 0 aliphatic rings. The van der Waals surface area contributed by atoms with Crippen LogP contribution in [-0.4, -0.2) is 26.6 Å². The molecule has 1 N–H and O–H groups in total. The van der Waals surface area contributed by atoms with E-state index in [-0.39, 0.29) is 0 Å². The van der Waals surface area contributed by atoms with Gasteiger partial charge < -0.3 is 14.6 Å². The van der Waals surface area contributed by atoms with Crippen molar-refractivity contribution in [3.8, 4) is 5.88 Å². The van der Waals surface area contributed by atoms with Gasteiger partial charge in [0.1, 0.15) is 0 Å². The first kappa shape index (κ1) is 15.3. The topological polar surface area (TPSA) is 64.9 Å². The van der Waals surface area contributed by atoms with E-state index in [0.717, 1.165) is 36.3 Å². The van der Waals surface area contributed by atoms with Gasteiger partial charge in [-0.3, -0.25) is 0 Å². The Morgan fingerprint density at radius 3 is 2.78 bits per heavy atom. The molecule has 6 nitrogen and oxygen atoms in total. The molecule has 0 saturated heterocycles. The van der Waals surface area contributed by atoms with Crippen molar-refractivity contribution in [1.29, 1.82) is 0 Å². The van der Waals surface area contributed by atoms with E-state index in [1.54, 1.807) is 13.4 Å². The molecule has 0 aliphatic heterocycles. The summed E-state index contributed by atoms with van der Waals surface area (Å²) >= 11 is 0. The summed E-state index contributed by atoms with van der Waals surface area (Å²) in [4.78, 5) is 13.5. The van der Waals surface area contributed by atoms with Crippen molar-refractivity contribution in [2.45, 2.75) is 33.2 Å². The van der Waals surface area contributed by atoms with E-state index in [0.29, 0.717) is 17.3 Å². The highest BCUT2D eigenvalue weighted by atomic mass is 16.5. The molecule has 0 saturated carbocycles. The van der Waals surface area contributed by atoms with Crippen LogP contribution in [0.4, 0.5) is 11.6 Å². The lowest BCUT2D eigenvalue weighted by atomic mass is 10.2. The number of para-hydroxylation sites is 1. The van der Waals surface area contributed by atoms with Crippen LogP contribution in [0.2, 0.25) is 0 Å². The van der Waals surface area contributed by atoms with Crippen LogP contribution < -0.4 is 10.1 Å². The zero-order valence-corrected chi connectivity index (χ0v) is 13.7. The number of aromatic nitrogens is 4. The predicted molar refractivity (Wildman–Crippen MR) is 91.2 cm³/mol. The predicted octanol–water partition coefficient (Wildman–Crippen LogP) is 3.69. The van der Waals surface area contributed by atoms with Crippen molar-refractivity contribution in [1.82, 2.24) is 19.5 Å². The SMILES string of the molecule is CCCCn1cnc2c(OC)nc(Nc3ccccc3C)nc21. The zero-order chi connectivity index (χ0) is 16.2. The minimum Gasteiger partial charge on any atom is -0.479 e. The van der Waals surface area contributed by atoms with E-state index in [9.17, 15) is 0 Å². The van der Waals surface area contributed by atoms with Gasteiger partial charge >= 0.3 is 0 Å². The maximum absolute atomic E-state index is 5.39. The van der Waals surface area contributed by atoms with Gasteiger partial charge in [0.05, 0.1) is 13.4 Å². The first-order valence-electron chi connectivity index (χ1n) is 7.82. The van der Waals surface area contributed by atoms with E-state index >= 15 is 0 Å². The fraction of sp³-hybridized carbons (Fsp3) is 0.353. The number of rotatable bonds is 6. The number of unbranched alkanes of at least 4 members (excludes halogenated alkanes) is 1. The van der Waals surface area contributed by atoms with Crippen molar-refractivity contribution in [3.05, 3.63) is 36.2 Å². The first-order valence-corrected chi connectivity index (χ1v) is 7.82. The van der Waals surface area contributed by atoms with E-state index in [1.807, 2.05) is 35.8 Å². The second-order valence-corrected chi connectivity index (χ2v) is 5.46. The molecule has 0 amide bonds. The largest absolute Gasteiger partial charge is 0.479 e. The van der Waals surface area contributed by atoms with Crippen LogP contribution in [-0.2, 0) is 6.54 Å². The van der Waals surface area contributed by atoms with Crippen LogP contribution in [0.1, 0.15) is 25.3 Å². The van der Waals surface area contributed by atoms with Crippen molar-refractivity contribution < 1.29 is 4.74 Å². The molecule has 2 heterocycles. The van der Waals surface area contributed by atoms with Crippen LogP contribution in [0.15, 0.2) is 30.6 Å². The van der Waals surface area contributed by atoms with E-state index < -0.39 is 0 Å². The van der Waals surface area contributed by atoms with Gasteiger partial charge in [-0.05, 0) is 25.0 Å². The summed E-state index contributed by atoms with van der Waals surface area (Å²) in [5, 5.41) is 3.27. The summed E-state index contributed by atoms with van der Waals surface area (Å²) < 4.78 is 7.43. The maximum atomic E-state index is 5.39. The van der Waals surface area contributed by atoms with Gasteiger partial charge in [0.2, 0.25) is 11.8 Å². The minimum atomic E-state index is 0.487. The number of fused-ring (bicyclic) bond motifs is 1. The Morgan fingerprint density at radius 2 is 2.04 bits per heavy atom. The van der Waals surface area contributed by atoms with Crippen LogP contribution >= 0.6 is 0 Å². The molecule has 0 fully saturated rings. The minimum absolute atomic E-state index is 0.487. The van der Waals surface area contributed by atoms with Gasteiger partial charge in [0.25, 0.3) is 0 Å². The van der Waals surface area contributed by atoms with Gasteiger partial charge in [-0.2, -0.15) is 9.97 Å². The molecule has 0 atom stereocenters. The fourth-order valence-electron chi connectivity index (χ4n) is 2.44. The van der Waals surface area contributed by atoms with Gasteiger partial charge in [-0.15, -0.1) is 0 Å². The van der Waals surface area contributed by atoms with Crippen LogP contribution in [0.25, 0.3) is 11.2 Å². The molecule has 0 spiro atoms. The van der Waals surface area contributed by atoms with Crippen LogP contribution in [0, 0.1) is 6.92 Å². The molecule has 3 rings (SSSR count). The fourth-order valence-corrected chi connectivity index (χ4v) is 2.44. The third-order valence-electron chi connectivity index (χ3n) is 3.77. The van der Waals surface area contributed by atoms with Gasteiger partial charge in [-0.25, -0.2) is 4.98 Å². The van der Waals surface area contributed by atoms with Crippen molar-refractivity contribution in [2.75, 3.05) is 12.4 Å². The van der Waals surface area contributed by atoms with E-state index in [2.05, 4.69) is 27.2 Å². The number of nitrogens with one attached hydrogen (secondary N) is 1. The molecule has 6 heteroatoms. The van der Waals surface area contributed by atoms with Crippen molar-refractivity contribution >= 4 is 22.8 Å². The highest BCUT2D eigenvalue weighted by molar-refractivity contribution is 5.78. The van der Waals surface area contributed by atoms with E-state index in [1.165, 1.54) is 0 Å². The summed E-state index contributed by atoms with van der Waals surface area (Å²) in [6.07, 6.45) is 4.00. The molecule has 2 aromatic heterocycles. The third-order valence-corrected chi connectivity index (χ3v) is 3.77. The maximum Gasteiger partial charge on any atom is 0.246 e. The number of methoxy groups -OCH3 is 1. The second-order valence-electron chi connectivity index (χ2n) is 5.46. The molecule has 23 heavy (non-hydrogen) atoms. The smallest absolute Gasteiger partial charge is 0.246 e. The molecule has 0 aliphatic carbocycles. The highest BCUT2D eigenvalue weighted by Crippen LogP contribution is 2.25. The van der Waals surface area contributed by atoms with Crippen LogP contribution in [0.5, 0.6) is 5.88 Å². The Balaban J connectivity index is 2.01. The summed E-state index contributed by atoms with van der Waals surface area (Å²) in [6.45, 7) is 5.10. The van der Waals surface area contributed by atoms with E-state index in [4.69, 9.17) is 4.74 Å². The van der Waals surface area contributed by atoms with Crippen LogP contribution in [0.3, 0.4) is 0 Å². The second kappa shape index (κ2) is 6.64. The Bertz CT molecular complexity index is 812. The molecular formula is C17H21N5O. The summed E-state index contributed by atoms with van der Waals surface area (Å²) in [5.41, 5.74) is 3.60. The Morgan fingerprint density at radius 1 is 1.22 bits per heavy atom. The Labute approximate surface area is 135 Å². The lowest BCUT2D eigenvalue weighted by Crippen LogP contribution is -2.04. The molecule has 0 bridgehead atoms. The number of benzene rings is 1. The third kappa shape index (κ3) is 3.11. The average Bonchev–Trinajstić information content (AvgIpc) is 2.97. The Kier molecular flexibility index (Phi) is 4.41. The number of nitrogens with zero attached hydrogens (tertiary/aromatic N) is 4. The average molecular weight is 311 g/mol. The quantitative estimate of drug-likeness (QED) is 0.752. The molecule has 0 unspecified atom stereocenters. The molecule has 120 valence electrons. The number of hydrogen-bond donors (Lipinski definition) is 1. The number of anilines is 2. The summed E-state index contributed by atoms with van der Waals surface area (Å²) in [5.74, 6) is 1.00. The molecule has 1 aromatic carbocycles. The first-order chi connectivity index (χ1) is 11.2. The molecular weight excluding hydrogens is 290 g/mol. The number of hydrogen-bond acceptors (Lipinski definition) is 5. The number of imidazole rings is 1. The number of aryl methyl sites for hydroxylation is 2. The monoisotopic (exact) mass is 311 g/mol. The van der Waals surface area contributed by atoms with Gasteiger partial charge in [0.15, 0.2) is 11.2 Å². The summed E-state index contributed by atoms with van der Waals surface area (Å²) in [7, 11) is 1.60. The van der Waals surface area contributed by atoms with Crippen molar-refractivity contribution in [2.24, 2.45) is 0 Å². The molecule has 0 radical (unpaired) electrons. The lowest BCUT2D eigenvalue weighted by molar-refractivity contribution is 0.402. The summed E-state index contributed by atoms with van der Waals surface area (Å²) in [6, 6.07) is 8.04. The Hall–Kier alpha value is -2.63. The zero-order valence-electron chi connectivity index (χ0n) is 13.7. The lowest BCUT2D eigenvalue weighted by Gasteiger charge is -2.10. The van der Waals surface area contributed by atoms with Crippen molar-refractivity contribution in [3.63, 3.8) is 0 Å². The normalized spacial score (nSPS) is 10.9. The number of ether oxygens (including phenoxy) is 1. The standard InChI is InChI=1S/C17H21N5O/c1-4-5-10-22-11-18-14-15(22)20-17(21-16(14)23-3)19-13-9-7-6-8-12(13)2/h6-9,11H,4-5,10H2,1-3H3,(H,19,20,21).